The molecule has 2 unspecified atom stereocenters. The van der Waals surface area contributed by atoms with Crippen molar-refractivity contribution in [3.63, 3.8) is 0 Å². The highest BCUT2D eigenvalue weighted by atomic mass is 32.2. The predicted octanol–water partition coefficient (Wildman–Crippen LogP) is 1.94. The number of hydrogen-bond acceptors (Lipinski definition) is 2. The van der Waals surface area contributed by atoms with Gasteiger partial charge in [-0.25, -0.2) is 0 Å². The van der Waals surface area contributed by atoms with Crippen LogP contribution in [-0.4, -0.2) is 36.5 Å². The smallest absolute Gasteiger partial charge is 0.00120 e. The van der Waals surface area contributed by atoms with Crippen LogP contribution in [0.5, 0.6) is 0 Å². The Balaban J connectivity index is 2.34. The molecule has 0 N–H and O–H groups in total. The Morgan fingerprint density at radius 2 is 1.55 bits per heavy atom. The lowest BCUT2D eigenvalue weighted by molar-refractivity contribution is 0.264. The summed E-state index contributed by atoms with van der Waals surface area (Å²) in [5.74, 6) is 4.43. The van der Waals surface area contributed by atoms with Crippen LogP contribution in [0.1, 0.15) is 13.8 Å². The van der Waals surface area contributed by atoms with Crippen molar-refractivity contribution in [3.05, 3.63) is 0 Å². The maximum absolute atomic E-state index is 2.47. The van der Waals surface area contributed by atoms with E-state index in [2.05, 4.69) is 37.6 Å². The Hall–Kier alpha value is 0.310. The van der Waals surface area contributed by atoms with E-state index in [9.17, 15) is 0 Å². The van der Waals surface area contributed by atoms with Crippen LogP contribution in [0.3, 0.4) is 0 Å². The second-order valence-electron chi connectivity index (χ2n) is 3.97. The van der Waals surface area contributed by atoms with Gasteiger partial charge in [-0.1, -0.05) is 13.8 Å². The minimum Gasteiger partial charge on any atom is -0.306 e. The number of hydrogen-bond donors (Lipinski definition) is 0. The Kier molecular flexibility index (Phi) is 3.73. The molecule has 66 valence electrons. The van der Waals surface area contributed by atoms with Gasteiger partial charge in [-0.15, -0.1) is 0 Å². The van der Waals surface area contributed by atoms with Gasteiger partial charge < -0.3 is 4.90 Å². The first-order valence-electron chi connectivity index (χ1n) is 4.44. The van der Waals surface area contributed by atoms with E-state index < -0.39 is 0 Å². The van der Waals surface area contributed by atoms with Crippen molar-refractivity contribution in [1.82, 2.24) is 4.90 Å². The number of nitrogens with zero attached hydrogens (tertiary/aromatic N) is 1. The largest absolute Gasteiger partial charge is 0.306 e. The van der Waals surface area contributed by atoms with Crippen molar-refractivity contribution in [3.8, 4) is 0 Å². The Bertz CT molecular complexity index is 104. The third-order valence-electron chi connectivity index (χ3n) is 2.05. The van der Waals surface area contributed by atoms with Crippen LogP contribution >= 0.6 is 11.8 Å². The van der Waals surface area contributed by atoms with E-state index in [1.165, 1.54) is 24.6 Å². The second-order valence-corrected chi connectivity index (χ2v) is 5.04. The quantitative estimate of drug-likeness (QED) is 0.551. The van der Waals surface area contributed by atoms with Gasteiger partial charge in [0, 0.05) is 13.1 Å². The Morgan fingerprint density at radius 1 is 1.09 bits per heavy atom. The van der Waals surface area contributed by atoms with Gasteiger partial charge in [0.2, 0.25) is 0 Å². The molecule has 1 aliphatic rings. The Labute approximate surface area is 74.5 Å². The van der Waals surface area contributed by atoms with Crippen LogP contribution in [0.15, 0.2) is 0 Å². The monoisotopic (exact) mass is 173 g/mol. The molecular weight excluding hydrogens is 154 g/mol. The van der Waals surface area contributed by atoms with Gasteiger partial charge in [0.25, 0.3) is 0 Å². The van der Waals surface area contributed by atoms with Crippen LogP contribution in [-0.2, 0) is 0 Å². The van der Waals surface area contributed by atoms with Crippen molar-refractivity contribution in [1.29, 1.82) is 0 Å². The maximum atomic E-state index is 2.47. The Morgan fingerprint density at radius 3 is 2.00 bits per heavy atom. The zero-order valence-electron chi connectivity index (χ0n) is 7.84. The van der Waals surface area contributed by atoms with E-state index in [0.29, 0.717) is 0 Å². The third kappa shape index (κ3) is 3.48. The van der Waals surface area contributed by atoms with Crippen molar-refractivity contribution >= 4 is 11.8 Å². The molecule has 0 amide bonds. The second kappa shape index (κ2) is 4.36. The average Bonchev–Trinajstić information content (AvgIpc) is 1.83. The van der Waals surface area contributed by atoms with E-state index in [-0.39, 0.29) is 0 Å². The number of rotatable bonds is 0. The molecule has 2 atom stereocenters. The fourth-order valence-corrected chi connectivity index (χ4v) is 2.87. The molecule has 0 aromatic heterocycles. The first-order valence-corrected chi connectivity index (χ1v) is 5.60. The molecule has 0 radical (unpaired) electrons. The third-order valence-corrected chi connectivity index (χ3v) is 3.66. The highest BCUT2D eigenvalue weighted by molar-refractivity contribution is 7.99. The lowest BCUT2D eigenvalue weighted by Crippen LogP contribution is -2.32. The number of thioether (sulfide) groups is 1. The van der Waals surface area contributed by atoms with E-state index in [1.54, 1.807) is 0 Å². The summed E-state index contributed by atoms with van der Waals surface area (Å²) in [6, 6.07) is 0. The molecule has 0 spiro atoms. The van der Waals surface area contributed by atoms with Crippen LogP contribution in [0.2, 0.25) is 0 Å². The molecule has 0 aliphatic carbocycles. The summed E-state index contributed by atoms with van der Waals surface area (Å²) in [4.78, 5) is 2.47. The van der Waals surface area contributed by atoms with Crippen LogP contribution in [0, 0.1) is 11.8 Å². The predicted molar refractivity (Wildman–Crippen MR) is 53.2 cm³/mol. The highest BCUT2D eigenvalue weighted by Crippen LogP contribution is 2.17. The molecule has 0 aromatic rings. The molecule has 1 saturated heterocycles. The maximum Gasteiger partial charge on any atom is 0.00120 e. The SMILES string of the molecule is CC1CSCC(C)CN(C)C1. The van der Waals surface area contributed by atoms with E-state index in [4.69, 9.17) is 0 Å². The van der Waals surface area contributed by atoms with E-state index in [1.807, 2.05) is 0 Å². The molecule has 0 bridgehead atoms. The van der Waals surface area contributed by atoms with E-state index >= 15 is 0 Å². The van der Waals surface area contributed by atoms with Crippen molar-refractivity contribution in [2.45, 2.75) is 13.8 Å². The summed E-state index contributed by atoms with van der Waals surface area (Å²) in [6.07, 6.45) is 0. The lowest BCUT2D eigenvalue weighted by Gasteiger charge is -2.27. The van der Waals surface area contributed by atoms with Gasteiger partial charge in [-0.05, 0) is 30.4 Å². The average molecular weight is 173 g/mol. The topological polar surface area (TPSA) is 3.24 Å². The summed E-state index contributed by atoms with van der Waals surface area (Å²) in [7, 11) is 2.24. The van der Waals surface area contributed by atoms with Crippen molar-refractivity contribution in [2.75, 3.05) is 31.6 Å². The van der Waals surface area contributed by atoms with Gasteiger partial charge in [-0.2, -0.15) is 11.8 Å². The summed E-state index contributed by atoms with van der Waals surface area (Å²) < 4.78 is 0. The zero-order valence-corrected chi connectivity index (χ0v) is 8.66. The zero-order chi connectivity index (χ0) is 8.27. The standard InChI is InChI=1S/C9H19NS/c1-8-4-10(3)5-9(2)7-11-6-8/h8-9H,4-7H2,1-3H3. The molecule has 11 heavy (non-hydrogen) atoms. The molecular formula is C9H19NS. The summed E-state index contributed by atoms with van der Waals surface area (Å²) in [5.41, 5.74) is 0. The van der Waals surface area contributed by atoms with E-state index in [0.717, 1.165) is 11.8 Å². The van der Waals surface area contributed by atoms with Crippen molar-refractivity contribution < 1.29 is 0 Å². The first kappa shape index (κ1) is 9.40. The van der Waals surface area contributed by atoms with Crippen LogP contribution in [0.4, 0.5) is 0 Å². The molecule has 0 saturated carbocycles. The lowest BCUT2D eigenvalue weighted by atomic mass is 10.1. The summed E-state index contributed by atoms with van der Waals surface area (Å²) >= 11 is 2.12. The normalized spacial score (nSPS) is 36.3. The fraction of sp³-hybridized carbons (Fsp3) is 1.00. The van der Waals surface area contributed by atoms with Gasteiger partial charge in [0.15, 0.2) is 0 Å². The first-order chi connectivity index (χ1) is 5.18. The van der Waals surface area contributed by atoms with Gasteiger partial charge in [0.1, 0.15) is 0 Å². The van der Waals surface area contributed by atoms with Gasteiger partial charge in [-0.3, -0.25) is 0 Å². The van der Waals surface area contributed by atoms with Crippen LogP contribution in [0.25, 0.3) is 0 Å². The molecule has 1 fully saturated rings. The van der Waals surface area contributed by atoms with Crippen molar-refractivity contribution in [2.24, 2.45) is 11.8 Å². The molecule has 0 aromatic carbocycles. The van der Waals surface area contributed by atoms with Crippen LogP contribution < -0.4 is 0 Å². The molecule has 1 rings (SSSR count). The van der Waals surface area contributed by atoms with Gasteiger partial charge in [0.05, 0.1) is 0 Å². The molecule has 1 nitrogen and oxygen atoms in total. The minimum absolute atomic E-state index is 0.873. The van der Waals surface area contributed by atoms with Gasteiger partial charge >= 0.3 is 0 Å². The fourth-order valence-electron chi connectivity index (χ4n) is 1.71. The minimum atomic E-state index is 0.873. The molecule has 1 heterocycles. The molecule has 2 heteroatoms. The highest BCUT2D eigenvalue weighted by Gasteiger charge is 2.14. The summed E-state index contributed by atoms with van der Waals surface area (Å²) in [5, 5.41) is 0. The summed E-state index contributed by atoms with van der Waals surface area (Å²) in [6.45, 7) is 7.24. The molecule has 1 aliphatic heterocycles.